The summed E-state index contributed by atoms with van der Waals surface area (Å²) in [5.74, 6) is -1.85. The molecule has 122 valence electrons. The molecule has 24 heavy (non-hydrogen) atoms. The van der Waals surface area contributed by atoms with Crippen molar-refractivity contribution in [3.63, 3.8) is 0 Å². The molecule has 3 rings (SSSR count). The van der Waals surface area contributed by atoms with Gasteiger partial charge in [-0.2, -0.15) is 0 Å². The molecule has 7 heteroatoms. The van der Waals surface area contributed by atoms with Crippen molar-refractivity contribution in [2.24, 2.45) is 0 Å². The maximum atomic E-state index is 13.7. The number of aromatic nitrogens is 1. The average molecular weight is 366 g/mol. The van der Waals surface area contributed by atoms with Crippen LogP contribution in [0, 0.1) is 11.6 Å². The first-order valence-corrected chi connectivity index (χ1v) is 8.11. The van der Waals surface area contributed by atoms with Gasteiger partial charge in [-0.25, -0.2) is 18.6 Å². The molecule has 0 bridgehead atoms. The van der Waals surface area contributed by atoms with Crippen LogP contribution in [0.25, 0.3) is 10.6 Å². The lowest BCUT2D eigenvalue weighted by Crippen LogP contribution is -2.07. The Morgan fingerprint density at radius 2 is 1.92 bits per heavy atom. The van der Waals surface area contributed by atoms with Gasteiger partial charge in [-0.15, -0.1) is 11.3 Å². The number of thiazole rings is 1. The van der Waals surface area contributed by atoms with E-state index < -0.39 is 11.8 Å². The molecule has 0 amide bonds. The van der Waals surface area contributed by atoms with Gasteiger partial charge in [0, 0.05) is 16.0 Å². The Labute approximate surface area is 145 Å². The van der Waals surface area contributed by atoms with Crippen LogP contribution in [0.4, 0.5) is 8.78 Å². The fourth-order valence-corrected chi connectivity index (χ4v) is 2.94. The fraction of sp³-hybridized carbons (Fsp3) is 0.0588. The number of hydrogen-bond donors (Lipinski definition) is 0. The lowest BCUT2D eigenvalue weighted by molar-refractivity contribution is 0.0463. The van der Waals surface area contributed by atoms with Gasteiger partial charge in [-0.1, -0.05) is 11.6 Å². The third-order valence-electron chi connectivity index (χ3n) is 3.15. The Bertz CT molecular complexity index is 881. The Balaban J connectivity index is 1.67. The van der Waals surface area contributed by atoms with E-state index in [-0.39, 0.29) is 23.0 Å². The van der Waals surface area contributed by atoms with Crippen LogP contribution in [0.2, 0.25) is 5.02 Å². The Hall–Kier alpha value is -2.31. The van der Waals surface area contributed by atoms with Gasteiger partial charge in [0.1, 0.15) is 23.2 Å². The zero-order valence-electron chi connectivity index (χ0n) is 12.1. The SMILES string of the molecule is O=C(OCc1csc(-c2ccc(F)cc2)n1)c1ccc(Cl)cc1F. The van der Waals surface area contributed by atoms with Gasteiger partial charge in [-0.05, 0) is 42.5 Å². The smallest absolute Gasteiger partial charge is 0.341 e. The van der Waals surface area contributed by atoms with Crippen LogP contribution >= 0.6 is 22.9 Å². The largest absolute Gasteiger partial charge is 0.455 e. The molecule has 0 atom stereocenters. The maximum absolute atomic E-state index is 13.7. The Kier molecular flexibility index (Phi) is 4.87. The second kappa shape index (κ2) is 7.07. The lowest BCUT2D eigenvalue weighted by Gasteiger charge is -2.04. The highest BCUT2D eigenvalue weighted by Gasteiger charge is 2.14. The van der Waals surface area contributed by atoms with E-state index in [9.17, 15) is 13.6 Å². The maximum Gasteiger partial charge on any atom is 0.341 e. The topological polar surface area (TPSA) is 39.2 Å². The second-order valence-corrected chi connectivity index (χ2v) is 6.15. The minimum Gasteiger partial charge on any atom is -0.455 e. The molecular formula is C17H10ClF2NO2S. The number of carbonyl (C=O) groups is 1. The molecule has 3 aromatic rings. The molecule has 0 unspecified atom stereocenters. The van der Waals surface area contributed by atoms with Crippen LogP contribution in [0.3, 0.4) is 0 Å². The number of rotatable bonds is 4. The molecule has 1 aromatic heterocycles. The van der Waals surface area contributed by atoms with Gasteiger partial charge < -0.3 is 4.74 Å². The molecule has 0 aliphatic heterocycles. The van der Waals surface area contributed by atoms with Gasteiger partial charge in [0.05, 0.1) is 11.3 Å². The van der Waals surface area contributed by atoms with Crippen molar-refractivity contribution < 1.29 is 18.3 Å². The summed E-state index contributed by atoms with van der Waals surface area (Å²) in [6.07, 6.45) is 0. The highest BCUT2D eigenvalue weighted by atomic mass is 35.5. The van der Waals surface area contributed by atoms with Crippen molar-refractivity contribution in [3.05, 3.63) is 75.8 Å². The quantitative estimate of drug-likeness (QED) is 0.604. The number of hydrogen-bond acceptors (Lipinski definition) is 4. The van der Waals surface area contributed by atoms with Gasteiger partial charge in [0.2, 0.25) is 0 Å². The standard InChI is InChI=1S/C17H10ClF2NO2S/c18-11-3-6-14(15(20)7-11)17(22)23-8-13-9-24-16(21-13)10-1-4-12(19)5-2-10/h1-7,9H,8H2. The van der Waals surface area contributed by atoms with Crippen molar-refractivity contribution in [2.45, 2.75) is 6.61 Å². The summed E-state index contributed by atoms with van der Waals surface area (Å²) in [4.78, 5) is 16.2. The Morgan fingerprint density at radius 3 is 2.62 bits per heavy atom. The van der Waals surface area contributed by atoms with E-state index in [1.807, 2.05) is 0 Å². The van der Waals surface area contributed by atoms with Crippen LogP contribution in [-0.2, 0) is 11.3 Å². The van der Waals surface area contributed by atoms with Crippen LogP contribution < -0.4 is 0 Å². The molecule has 3 nitrogen and oxygen atoms in total. The highest BCUT2D eigenvalue weighted by Crippen LogP contribution is 2.24. The summed E-state index contributed by atoms with van der Waals surface area (Å²) in [7, 11) is 0. The number of nitrogens with zero attached hydrogens (tertiary/aromatic N) is 1. The van der Waals surface area contributed by atoms with Crippen LogP contribution in [0.1, 0.15) is 16.1 Å². The number of ether oxygens (including phenoxy) is 1. The predicted molar refractivity (Wildman–Crippen MR) is 88.0 cm³/mol. The van der Waals surface area contributed by atoms with Gasteiger partial charge >= 0.3 is 5.97 Å². The number of esters is 1. The normalized spacial score (nSPS) is 10.6. The molecule has 0 saturated carbocycles. The number of halogens is 3. The predicted octanol–water partition coefficient (Wildman–Crippen LogP) is 5.10. The Morgan fingerprint density at radius 1 is 1.17 bits per heavy atom. The van der Waals surface area contributed by atoms with E-state index in [1.54, 1.807) is 17.5 Å². The monoisotopic (exact) mass is 365 g/mol. The lowest BCUT2D eigenvalue weighted by atomic mass is 10.2. The van der Waals surface area contributed by atoms with E-state index in [1.165, 1.54) is 35.6 Å². The zero-order chi connectivity index (χ0) is 17.1. The van der Waals surface area contributed by atoms with Crippen molar-refractivity contribution >= 4 is 28.9 Å². The number of benzene rings is 2. The molecule has 0 spiro atoms. The molecule has 0 fully saturated rings. The summed E-state index contributed by atoms with van der Waals surface area (Å²) < 4.78 is 31.6. The minimum absolute atomic E-state index is 0.0847. The van der Waals surface area contributed by atoms with Crippen molar-refractivity contribution in [3.8, 4) is 10.6 Å². The van der Waals surface area contributed by atoms with E-state index in [0.29, 0.717) is 10.7 Å². The molecular weight excluding hydrogens is 356 g/mol. The zero-order valence-corrected chi connectivity index (χ0v) is 13.7. The van der Waals surface area contributed by atoms with Crippen molar-refractivity contribution in [1.82, 2.24) is 4.98 Å². The third kappa shape index (κ3) is 3.77. The van der Waals surface area contributed by atoms with E-state index in [2.05, 4.69) is 4.98 Å². The summed E-state index contributed by atoms with van der Waals surface area (Å²) in [6, 6.07) is 9.66. The first-order valence-electron chi connectivity index (χ1n) is 6.85. The summed E-state index contributed by atoms with van der Waals surface area (Å²) >= 11 is 6.99. The molecule has 0 aliphatic rings. The first-order chi connectivity index (χ1) is 11.5. The number of carbonyl (C=O) groups excluding carboxylic acids is 1. The minimum atomic E-state index is -0.791. The first kappa shape index (κ1) is 16.5. The molecule has 0 radical (unpaired) electrons. The molecule has 0 N–H and O–H groups in total. The molecule has 2 aromatic carbocycles. The van der Waals surface area contributed by atoms with Crippen LogP contribution in [-0.4, -0.2) is 11.0 Å². The third-order valence-corrected chi connectivity index (χ3v) is 4.32. The highest BCUT2D eigenvalue weighted by molar-refractivity contribution is 7.13. The van der Waals surface area contributed by atoms with Crippen LogP contribution in [0.15, 0.2) is 47.8 Å². The molecule has 0 saturated heterocycles. The van der Waals surface area contributed by atoms with Crippen LogP contribution in [0.5, 0.6) is 0 Å². The van der Waals surface area contributed by atoms with E-state index in [0.717, 1.165) is 11.6 Å². The summed E-state index contributed by atoms with van der Waals surface area (Å²) in [6.45, 7) is -0.0847. The van der Waals surface area contributed by atoms with Gasteiger partial charge in [-0.3, -0.25) is 0 Å². The van der Waals surface area contributed by atoms with E-state index >= 15 is 0 Å². The summed E-state index contributed by atoms with van der Waals surface area (Å²) in [5.41, 5.74) is 1.11. The van der Waals surface area contributed by atoms with Gasteiger partial charge in [0.15, 0.2) is 0 Å². The second-order valence-electron chi connectivity index (χ2n) is 4.85. The average Bonchev–Trinajstić information content (AvgIpc) is 3.02. The fourth-order valence-electron chi connectivity index (χ4n) is 1.97. The summed E-state index contributed by atoms with van der Waals surface area (Å²) in [5, 5.41) is 2.61. The molecule has 1 heterocycles. The van der Waals surface area contributed by atoms with Gasteiger partial charge in [0.25, 0.3) is 0 Å². The molecule has 0 aliphatic carbocycles. The van der Waals surface area contributed by atoms with E-state index in [4.69, 9.17) is 16.3 Å². The van der Waals surface area contributed by atoms with Crippen molar-refractivity contribution in [1.29, 1.82) is 0 Å². The van der Waals surface area contributed by atoms with Crippen molar-refractivity contribution in [2.75, 3.05) is 0 Å².